The molecule has 0 saturated carbocycles. The molecule has 0 bridgehead atoms. The van der Waals surface area contributed by atoms with E-state index in [2.05, 4.69) is 18.0 Å². The Bertz CT molecular complexity index is 353. The monoisotopic (exact) mass is 221 g/mol. The van der Waals surface area contributed by atoms with Gasteiger partial charge in [-0.25, -0.2) is 4.79 Å². The Hall–Kier alpha value is -1.51. The van der Waals surface area contributed by atoms with Gasteiger partial charge in [0, 0.05) is 18.0 Å². The number of ether oxygens (including phenoxy) is 1. The van der Waals surface area contributed by atoms with Crippen LogP contribution in [0.25, 0.3) is 6.08 Å². The predicted octanol–water partition coefficient (Wildman–Crippen LogP) is 2.93. The van der Waals surface area contributed by atoms with Crippen molar-refractivity contribution in [1.82, 2.24) is 4.98 Å². The second kappa shape index (κ2) is 6.88. The van der Waals surface area contributed by atoms with Crippen molar-refractivity contribution in [3.05, 3.63) is 29.6 Å². The molecule has 0 fully saturated rings. The van der Waals surface area contributed by atoms with E-state index in [1.54, 1.807) is 13.0 Å². The van der Waals surface area contributed by atoms with E-state index in [9.17, 15) is 4.79 Å². The lowest BCUT2D eigenvalue weighted by Crippen LogP contribution is -1.98. The van der Waals surface area contributed by atoms with Crippen LogP contribution in [0, 0.1) is 0 Å². The van der Waals surface area contributed by atoms with E-state index in [1.807, 2.05) is 6.20 Å². The van der Waals surface area contributed by atoms with E-state index in [-0.39, 0.29) is 5.97 Å². The second-order valence-corrected chi connectivity index (χ2v) is 3.65. The number of carbonyl (C=O) groups excluding carboxylic acids is 1. The van der Waals surface area contributed by atoms with E-state index >= 15 is 0 Å². The lowest BCUT2D eigenvalue weighted by molar-refractivity contribution is -0.137. The van der Waals surface area contributed by atoms with E-state index in [0.29, 0.717) is 6.61 Å². The van der Waals surface area contributed by atoms with Gasteiger partial charge in [0.05, 0.1) is 6.61 Å². The predicted molar refractivity (Wildman–Crippen MR) is 65.1 cm³/mol. The molecule has 1 aromatic rings. The van der Waals surface area contributed by atoms with Crippen LogP contribution in [-0.2, 0) is 16.0 Å². The van der Waals surface area contributed by atoms with Crippen molar-refractivity contribution < 1.29 is 9.53 Å². The summed E-state index contributed by atoms with van der Waals surface area (Å²) in [4.78, 5) is 14.2. The first-order valence-corrected chi connectivity index (χ1v) is 5.78. The standard InChI is InChI=1S/C13H19NO2/c1-3-5-6-11-9-12(14-10-11)7-8-13(15)16-4-2/h7-10,14H,3-6H2,1-2H3/b8-7+. The number of rotatable bonds is 6. The lowest BCUT2D eigenvalue weighted by atomic mass is 10.1. The number of hydrogen-bond acceptors (Lipinski definition) is 2. The molecule has 0 aliphatic carbocycles. The Morgan fingerprint density at radius 3 is 3.00 bits per heavy atom. The molecule has 1 heterocycles. The van der Waals surface area contributed by atoms with Gasteiger partial charge in [-0.1, -0.05) is 13.3 Å². The number of hydrogen-bond donors (Lipinski definition) is 1. The molecular formula is C13H19NO2. The zero-order chi connectivity index (χ0) is 11.8. The molecule has 0 aliphatic heterocycles. The Kier molecular flexibility index (Phi) is 5.40. The number of carbonyl (C=O) groups is 1. The van der Waals surface area contributed by atoms with Gasteiger partial charge in [0.15, 0.2) is 0 Å². The largest absolute Gasteiger partial charge is 0.463 e. The fraction of sp³-hybridized carbons (Fsp3) is 0.462. The molecule has 1 rings (SSSR count). The van der Waals surface area contributed by atoms with Crippen LogP contribution >= 0.6 is 0 Å². The highest BCUT2D eigenvalue weighted by molar-refractivity contribution is 5.86. The molecule has 16 heavy (non-hydrogen) atoms. The molecule has 0 radical (unpaired) electrons. The summed E-state index contributed by atoms with van der Waals surface area (Å²) in [6.07, 6.45) is 8.64. The van der Waals surface area contributed by atoms with Crippen LogP contribution in [0.4, 0.5) is 0 Å². The maximum atomic E-state index is 11.1. The highest BCUT2D eigenvalue weighted by Gasteiger charge is 1.97. The number of H-pyrrole nitrogens is 1. The molecule has 0 unspecified atom stereocenters. The van der Waals surface area contributed by atoms with Crippen molar-refractivity contribution in [1.29, 1.82) is 0 Å². The molecule has 3 heteroatoms. The van der Waals surface area contributed by atoms with Crippen LogP contribution in [-0.4, -0.2) is 17.6 Å². The van der Waals surface area contributed by atoms with Gasteiger partial charge in [0.2, 0.25) is 0 Å². The van der Waals surface area contributed by atoms with Gasteiger partial charge in [0.1, 0.15) is 0 Å². The van der Waals surface area contributed by atoms with E-state index in [1.165, 1.54) is 24.5 Å². The minimum atomic E-state index is -0.299. The van der Waals surface area contributed by atoms with Crippen molar-refractivity contribution in [3.8, 4) is 0 Å². The second-order valence-electron chi connectivity index (χ2n) is 3.65. The van der Waals surface area contributed by atoms with Crippen molar-refractivity contribution in [3.63, 3.8) is 0 Å². The molecule has 0 aliphatic rings. The number of aromatic amines is 1. The quantitative estimate of drug-likeness (QED) is 0.592. The molecule has 0 spiro atoms. The number of esters is 1. The van der Waals surface area contributed by atoms with Gasteiger partial charge >= 0.3 is 5.97 Å². The number of nitrogens with one attached hydrogen (secondary N) is 1. The maximum absolute atomic E-state index is 11.1. The molecule has 88 valence electrons. The number of unbranched alkanes of at least 4 members (excludes halogenated alkanes) is 1. The summed E-state index contributed by atoms with van der Waals surface area (Å²) in [7, 11) is 0. The first-order valence-electron chi connectivity index (χ1n) is 5.78. The smallest absolute Gasteiger partial charge is 0.330 e. The highest BCUT2D eigenvalue weighted by atomic mass is 16.5. The zero-order valence-electron chi connectivity index (χ0n) is 9.95. The highest BCUT2D eigenvalue weighted by Crippen LogP contribution is 2.08. The summed E-state index contributed by atoms with van der Waals surface area (Å²) in [5.74, 6) is -0.299. The third-order valence-corrected chi connectivity index (χ3v) is 2.27. The van der Waals surface area contributed by atoms with E-state index in [0.717, 1.165) is 12.1 Å². The molecule has 1 N–H and O–H groups in total. The van der Waals surface area contributed by atoms with Crippen LogP contribution in [0.5, 0.6) is 0 Å². The maximum Gasteiger partial charge on any atom is 0.330 e. The van der Waals surface area contributed by atoms with Crippen molar-refractivity contribution in [2.24, 2.45) is 0 Å². The van der Waals surface area contributed by atoms with Gasteiger partial charge in [-0.2, -0.15) is 0 Å². The molecule has 0 atom stereocenters. The summed E-state index contributed by atoms with van der Waals surface area (Å²) >= 11 is 0. The topological polar surface area (TPSA) is 42.1 Å². The van der Waals surface area contributed by atoms with Gasteiger partial charge in [-0.3, -0.25) is 0 Å². The molecule has 3 nitrogen and oxygen atoms in total. The summed E-state index contributed by atoms with van der Waals surface area (Å²) in [6.45, 7) is 4.38. The van der Waals surface area contributed by atoms with Gasteiger partial charge in [-0.05, 0) is 37.5 Å². The Balaban J connectivity index is 2.48. The molecular weight excluding hydrogens is 202 g/mol. The average molecular weight is 221 g/mol. The zero-order valence-corrected chi connectivity index (χ0v) is 9.95. The van der Waals surface area contributed by atoms with Crippen LogP contribution < -0.4 is 0 Å². The lowest BCUT2D eigenvalue weighted by Gasteiger charge is -1.93. The average Bonchev–Trinajstić information content (AvgIpc) is 2.72. The molecule has 0 aromatic carbocycles. The van der Waals surface area contributed by atoms with E-state index in [4.69, 9.17) is 4.74 Å². The minimum absolute atomic E-state index is 0.299. The van der Waals surface area contributed by atoms with Crippen molar-refractivity contribution in [2.75, 3.05) is 6.61 Å². The Labute approximate surface area is 96.5 Å². The van der Waals surface area contributed by atoms with Crippen molar-refractivity contribution >= 4 is 12.0 Å². The van der Waals surface area contributed by atoms with Gasteiger partial charge < -0.3 is 9.72 Å². The summed E-state index contributed by atoms with van der Waals surface area (Å²) in [5, 5.41) is 0. The van der Waals surface area contributed by atoms with Crippen LogP contribution in [0.2, 0.25) is 0 Å². The fourth-order valence-electron chi connectivity index (χ4n) is 1.43. The molecule has 0 amide bonds. The van der Waals surface area contributed by atoms with E-state index < -0.39 is 0 Å². The molecule has 1 aromatic heterocycles. The number of aryl methyl sites for hydroxylation is 1. The summed E-state index contributed by atoms with van der Waals surface area (Å²) in [6, 6.07) is 2.06. The number of aromatic nitrogens is 1. The van der Waals surface area contributed by atoms with Crippen molar-refractivity contribution in [2.45, 2.75) is 33.1 Å². The third kappa shape index (κ3) is 4.34. The fourth-order valence-corrected chi connectivity index (χ4v) is 1.43. The minimum Gasteiger partial charge on any atom is -0.463 e. The third-order valence-electron chi connectivity index (χ3n) is 2.27. The Morgan fingerprint density at radius 2 is 2.31 bits per heavy atom. The van der Waals surface area contributed by atoms with Crippen LogP contribution in [0.1, 0.15) is 37.9 Å². The summed E-state index contributed by atoms with van der Waals surface area (Å²) < 4.78 is 4.80. The van der Waals surface area contributed by atoms with Gasteiger partial charge in [-0.15, -0.1) is 0 Å². The first-order chi connectivity index (χ1) is 7.76. The van der Waals surface area contributed by atoms with Crippen LogP contribution in [0.3, 0.4) is 0 Å². The van der Waals surface area contributed by atoms with Gasteiger partial charge in [0.25, 0.3) is 0 Å². The molecule has 0 saturated heterocycles. The summed E-state index contributed by atoms with van der Waals surface area (Å²) in [5.41, 5.74) is 2.23. The Morgan fingerprint density at radius 1 is 1.50 bits per heavy atom. The SMILES string of the molecule is CCCCc1c[nH]c(/C=C/C(=O)OCC)c1. The normalized spacial score (nSPS) is 10.9. The first kappa shape index (κ1) is 12.6. The van der Waals surface area contributed by atoms with Crippen LogP contribution in [0.15, 0.2) is 18.3 Å².